The van der Waals surface area contributed by atoms with Crippen molar-refractivity contribution >= 4 is 63.0 Å². The summed E-state index contributed by atoms with van der Waals surface area (Å²) in [6.07, 6.45) is 0. The normalized spacial score (nSPS) is 11.5. The van der Waals surface area contributed by atoms with Crippen molar-refractivity contribution in [1.29, 1.82) is 5.26 Å². The van der Waals surface area contributed by atoms with Crippen LogP contribution in [0.4, 0.5) is 0 Å². The van der Waals surface area contributed by atoms with Gasteiger partial charge in [0.15, 0.2) is 0 Å². The van der Waals surface area contributed by atoms with Crippen molar-refractivity contribution in [2.45, 2.75) is 0 Å². The van der Waals surface area contributed by atoms with Crippen LogP contribution >= 0.6 is 22.7 Å². The molecule has 2 heterocycles. The second kappa shape index (κ2) is 9.17. The maximum Gasteiger partial charge on any atom is 0.100 e. The highest BCUT2D eigenvalue weighted by Crippen LogP contribution is 2.42. The second-order valence-corrected chi connectivity index (χ2v) is 12.2. The molecule has 0 saturated carbocycles. The van der Waals surface area contributed by atoms with Gasteiger partial charge >= 0.3 is 0 Å². The highest BCUT2D eigenvalue weighted by Gasteiger charge is 2.17. The Hall–Kier alpha value is -4.75. The summed E-state index contributed by atoms with van der Waals surface area (Å²) < 4.78 is 5.04. The summed E-state index contributed by atoms with van der Waals surface area (Å²) in [5, 5.41) is 15.7. The van der Waals surface area contributed by atoms with Crippen molar-refractivity contribution in [2.24, 2.45) is 0 Å². The molecule has 40 heavy (non-hydrogen) atoms. The maximum atomic E-state index is 10.6. The first-order chi connectivity index (χ1) is 19.8. The fourth-order valence-corrected chi connectivity index (χ4v) is 8.09. The Labute approximate surface area is 239 Å². The van der Waals surface area contributed by atoms with Gasteiger partial charge < -0.3 is 0 Å². The zero-order chi connectivity index (χ0) is 26.6. The third-order valence-corrected chi connectivity index (χ3v) is 10.0. The van der Waals surface area contributed by atoms with Crippen molar-refractivity contribution in [3.8, 4) is 39.4 Å². The van der Waals surface area contributed by atoms with E-state index in [0.29, 0.717) is 5.56 Å². The molecule has 0 radical (unpaired) electrons. The van der Waals surface area contributed by atoms with Gasteiger partial charge in [0, 0.05) is 51.5 Å². The molecule has 0 unspecified atom stereocenters. The lowest BCUT2D eigenvalue weighted by Crippen LogP contribution is -1.93. The maximum absolute atomic E-state index is 10.6. The van der Waals surface area contributed by atoms with Crippen molar-refractivity contribution in [2.75, 3.05) is 0 Å². The Morgan fingerprint density at radius 1 is 0.400 bits per heavy atom. The number of benzene rings is 6. The minimum absolute atomic E-state index is 0.709. The van der Waals surface area contributed by atoms with Gasteiger partial charge in [-0.3, -0.25) is 0 Å². The third-order valence-electron chi connectivity index (χ3n) is 7.74. The molecule has 1 nitrogen and oxygen atoms in total. The Morgan fingerprint density at radius 2 is 0.875 bits per heavy atom. The smallest absolute Gasteiger partial charge is 0.100 e. The van der Waals surface area contributed by atoms with Gasteiger partial charge in [-0.2, -0.15) is 5.26 Å². The number of nitriles is 1. The van der Waals surface area contributed by atoms with Crippen LogP contribution in [0.1, 0.15) is 5.56 Å². The lowest BCUT2D eigenvalue weighted by molar-refractivity contribution is 1.47. The zero-order valence-corrected chi connectivity index (χ0v) is 23.0. The van der Waals surface area contributed by atoms with E-state index in [1.54, 1.807) is 22.7 Å². The molecule has 2 aromatic heterocycles. The van der Waals surface area contributed by atoms with E-state index in [2.05, 4.69) is 127 Å². The molecule has 0 aliphatic carbocycles. The van der Waals surface area contributed by atoms with Crippen LogP contribution in [0.3, 0.4) is 0 Å². The van der Waals surface area contributed by atoms with Crippen LogP contribution in [-0.2, 0) is 0 Å². The molecule has 0 spiro atoms. The highest BCUT2D eigenvalue weighted by atomic mass is 32.1. The fourth-order valence-electron chi connectivity index (χ4n) is 5.80. The number of thiophene rings is 2. The Kier molecular flexibility index (Phi) is 5.31. The summed E-state index contributed by atoms with van der Waals surface area (Å²) in [5.74, 6) is 0. The Balaban J connectivity index is 1.39. The van der Waals surface area contributed by atoms with E-state index in [0.717, 1.165) is 33.4 Å². The fraction of sp³-hybridized carbons (Fsp3) is 0. The van der Waals surface area contributed by atoms with Crippen LogP contribution < -0.4 is 0 Å². The monoisotopic (exact) mass is 543 g/mol. The predicted octanol–water partition coefficient (Wildman–Crippen LogP) is 11.3. The molecule has 0 fully saturated rings. The SMILES string of the molecule is N#Cc1c(-c2ccc3c(c2)sc2ccccc23)cc(-c2ccccc2)cc1-c1ccc2c(c1)sc1ccccc12. The molecular weight excluding hydrogens is 523 g/mol. The van der Waals surface area contributed by atoms with Gasteiger partial charge in [-0.1, -0.05) is 91.0 Å². The van der Waals surface area contributed by atoms with Crippen molar-refractivity contribution in [1.82, 2.24) is 0 Å². The average molecular weight is 544 g/mol. The molecule has 0 atom stereocenters. The molecule has 0 amide bonds. The largest absolute Gasteiger partial charge is 0.192 e. The van der Waals surface area contributed by atoms with E-state index in [9.17, 15) is 5.26 Å². The van der Waals surface area contributed by atoms with E-state index < -0.39 is 0 Å². The molecule has 8 aromatic rings. The zero-order valence-electron chi connectivity index (χ0n) is 21.4. The summed E-state index contributed by atoms with van der Waals surface area (Å²) in [5.41, 5.74) is 7.03. The molecule has 3 heteroatoms. The first-order valence-electron chi connectivity index (χ1n) is 13.2. The summed E-state index contributed by atoms with van der Waals surface area (Å²) in [6.45, 7) is 0. The predicted molar refractivity (Wildman–Crippen MR) is 173 cm³/mol. The summed E-state index contributed by atoms with van der Waals surface area (Å²) in [4.78, 5) is 0. The first-order valence-corrected chi connectivity index (χ1v) is 14.9. The Morgan fingerprint density at radius 3 is 1.40 bits per heavy atom. The Bertz CT molecular complexity index is 2140. The lowest BCUT2D eigenvalue weighted by atomic mass is 9.88. The number of nitrogens with zero attached hydrogens (tertiary/aromatic N) is 1. The van der Waals surface area contributed by atoms with Gasteiger partial charge in [0.2, 0.25) is 0 Å². The van der Waals surface area contributed by atoms with Gasteiger partial charge in [0.1, 0.15) is 6.07 Å². The average Bonchev–Trinajstić information content (AvgIpc) is 3.58. The molecular formula is C37H21NS2. The van der Waals surface area contributed by atoms with Gasteiger partial charge in [-0.05, 0) is 58.7 Å². The minimum Gasteiger partial charge on any atom is -0.192 e. The summed E-state index contributed by atoms with van der Waals surface area (Å²) in [6, 6.07) is 47.8. The van der Waals surface area contributed by atoms with E-state index >= 15 is 0 Å². The van der Waals surface area contributed by atoms with Crippen LogP contribution in [0, 0.1) is 11.3 Å². The van der Waals surface area contributed by atoms with Crippen LogP contribution in [0.15, 0.2) is 127 Å². The highest BCUT2D eigenvalue weighted by molar-refractivity contribution is 7.26. The van der Waals surface area contributed by atoms with Crippen molar-refractivity contribution < 1.29 is 0 Å². The van der Waals surface area contributed by atoms with Crippen LogP contribution in [0.25, 0.3) is 73.7 Å². The number of fused-ring (bicyclic) bond motifs is 6. The molecule has 0 saturated heterocycles. The van der Waals surface area contributed by atoms with Gasteiger partial charge in [-0.25, -0.2) is 0 Å². The second-order valence-electron chi connectivity index (χ2n) is 10.0. The minimum atomic E-state index is 0.709. The standard InChI is InChI=1S/C37H21NS2/c38-22-33-31(24-14-16-29-27-10-4-6-12-34(27)39-36(29)20-24)18-26(23-8-2-1-3-9-23)19-32(33)25-15-17-30-28-11-5-7-13-35(28)40-37(30)21-25/h1-21H. The summed E-state index contributed by atoms with van der Waals surface area (Å²) in [7, 11) is 0. The van der Waals surface area contributed by atoms with E-state index in [1.165, 1.54) is 40.3 Å². The molecule has 0 aliphatic heterocycles. The van der Waals surface area contributed by atoms with Crippen LogP contribution in [0.5, 0.6) is 0 Å². The molecule has 0 N–H and O–H groups in total. The molecule has 0 aliphatic rings. The van der Waals surface area contributed by atoms with Gasteiger partial charge in [0.05, 0.1) is 5.56 Å². The quantitative estimate of drug-likeness (QED) is 0.217. The van der Waals surface area contributed by atoms with Gasteiger partial charge in [0.25, 0.3) is 0 Å². The van der Waals surface area contributed by atoms with Crippen molar-refractivity contribution in [3.63, 3.8) is 0 Å². The number of hydrogen-bond donors (Lipinski definition) is 0. The van der Waals surface area contributed by atoms with Crippen LogP contribution in [0.2, 0.25) is 0 Å². The summed E-state index contributed by atoms with van der Waals surface area (Å²) >= 11 is 3.61. The molecule has 0 bridgehead atoms. The molecule has 6 aromatic carbocycles. The van der Waals surface area contributed by atoms with Gasteiger partial charge in [-0.15, -0.1) is 22.7 Å². The van der Waals surface area contributed by atoms with Crippen LogP contribution in [-0.4, -0.2) is 0 Å². The lowest BCUT2D eigenvalue weighted by Gasteiger charge is -2.15. The molecule has 186 valence electrons. The number of rotatable bonds is 3. The van der Waals surface area contributed by atoms with E-state index in [-0.39, 0.29) is 0 Å². The van der Waals surface area contributed by atoms with Crippen molar-refractivity contribution in [3.05, 3.63) is 133 Å². The van der Waals surface area contributed by atoms with E-state index in [1.807, 2.05) is 6.07 Å². The number of hydrogen-bond acceptors (Lipinski definition) is 3. The molecule has 8 rings (SSSR count). The first kappa shape index (κ1) is 23.2. The topological polar surface area (TPSA) is 23.8 Å². The third kappa shape index (κ3) is 3.66. The van der Waals surface area contributed by atoms with E-state index in [4.69, 9.17) is 0 Å².